The number of benzene rings is 2. The summed E-state index contributed by atoms with van der Waals surface area (Å²) in [6.45, 7) is 0.739. The molecule has 0 aliphatic carbocycles. The van der Waals surface area contributed by atoms with E-state index >= 15 is 0 Å². The molecule has 0 spiro atoms. The monoisotopic (exact) mass is 367 g/mol. The molecular weight excluding hydrogens is 342 g/mol. The summed E-state index contributed by atoms with van der Waals surface area (Å²) in [4.78, 5) is 25.5. The molecule has 2 aromatic carbocycles. The highest BCUT2D eigenvalue weighted by Gasteiger charge is 2.30. The highest BCUT2D eigenvalue weighted by Crippen LogP contribution is 2.28. The predicted octanol–water partition coefficient (Wildman–Crippen LogP) is 3.43. The maximum absolute atomic E-state index is 12.7. The van der Waals surface area contributed by atoms with Crippen molar-refractivity contribution in [3.63, 3.8) is 0 Å². The van der Waals surface area contributed by atoms with Crippen LogP contribution in [-0.4, -0.2) is 39.6 Å². The molecule has 0 bridgehead atoms. The molecule has 0 radical (unpaired) electrons. The van der Waals surface area contributed by atoms with Crippen LogP contribution in [0.1, 0.15) is 53.3 Å². The zero-order valence-corrected chi connectivity index (χ0v) is 15.3. The maximum Gasteiger partial charge on any atom is 0.335 e. The number of aliphatic hydroxyl groups is 1. The van der Waals surface area contributed by atoms with Crippen LogP contribution < -0.4 is 0 Å². The van der Waals surface area contributed by atoms with Gasteiger partial charge in [0.1, 0.15) is 0 Å². The van der Waals surface area contributed by atoms with Gasteiger partial charge in [-0.2, -0.15) is 0 Å². The van der Waals surface area contributed by atoms with Gasteiger partial charge in [0.15, 0.2) is 0 Å². The lowest BCUT2D eigenvalue weighted by atomic mass is 10.00. The summed E-state index contributed by atoms with van der Waals surface area (Å²) in [5, 5.41) is 19.4. The molecule has 1 heterocycles. The molecule has 0 saturated carbocycles. The topological polar surface area (TPSA) is 77.8 Å². The zero-order valence-electron chi connectivity index (χ0n) is 15.3. The predicted molar refractivity (Wildman–Crippen MR) is 102 cm³/mol. The summed E-state index contributed by atoms with van der Waals surface area (Å²) >= 11 is 0. The van der Waals surface area contributed by atoms with Gasteiger partial charge in [0.2, 0.25) is 5.91 Å². The SMILES string of the molecule is O=C(O)c1ccc(CCC(=O)N2CCC[C@H]2C[C@H](O)c2ccccc2)cc1. The molecule has 0 unspecified atom stereocenters. The standard InChI is InChI=1S/C22H25NO4/c24-20(17-5-2-1-3-6-17)15-19-7-4-14-23(19)21(25)13-10-16-8-11-18(12-9-16)22(26)27/h1-3,5-6,8-9,11-12,19-20,24H,4,7,10,13-15H2,(H,26,27)/t19-,20-/m0/s1. The normalized spacial score (nSPS) is 17.7. The van der Waals surface area contributed by atoms with E-state index in [1.165, 1.54) is 0 Å². The van der Waals surface area contributed by atoms with Crippen molar-refractivity contribution < 1.29 is 19.8 Å². The van der Waals surface area contributed by atoms with Gasteiger partial charge in [-0.25, -0.2) is 4.79 Å². The van der Waals surface area contributed by atoms with E-state index in [9.17, 15) is 14.7 Å². The minimum Gasteiger partial charge on any atom is -0.478 e. The molecule has 1 fully saturated rings. The van der Waals surface area contributed by atoms with Crippen molar-refractivity contribution >= 4 is 11.9 Å². The van der Waals surface area contributed by atoms with E-state index in [0.29, 0.717) is 19.3 Å². The molecule has 142 valence electrons. The van der Waals surface area contributed by atoms with Crippen molar-refractivity contribution in [3.8, 4) is 0 Å². The largest absolute Gasteiger partial charge is 0.478 e. The number of rotatable bonds is 7. The van der Waals surface area contributed by atoms with Crippen molar-refractivity contribution in [1.29, 1.82) is 0 Å². The van der Waals surface area contributed by atoms with E-state index in [1.54, 1.807) is 24.3 Å². The van der Waals surface area contributed by atoms with Crippen LogP contribution in [0.25, 0.3) is 0 Å². The second-order valence-electron chi connectivity index (χ2n) is 7.05. The lowest BCUT2D eigenvalue weighted by molar-refractivity contribution is -0.132. The van der Waals surface area contributed by atoms with Crippen molar-refractivity contribution in [2.75, 3.05) is 6.54 Å². The van der Waals surface area contributed by atoms with Gasteiger partial charge in [0, 0.05) is 19.0 Å². The van der Waals surface area contributed by atoms with Crippen LogP contribution in [0.4, 0.5) is 0 Å². The Morgan fingerprint density at radius 3 is 2.44 bits per heavy atom. The first kappa shape index (κ1) is 19.1. The number of carbonyl (C=O) groups is 2. The van der Waals surface area contributed by atoms with E-state index in [-0.39, 0.29) is 17.5 Å². The quantitative estimate of drug-likeness (QED) is 0.786. The van der Waals surface area contributed by atoms with Crippen molar-refractivity contribution in [1.82, 2.24) is 4.90 Å². The number of likely N-dealkylation sites (tertiary alicyclic amines) is 1. The van der Waals surface area contributed by atoms with Gasteiger partial charge in [-0.3, -0.25) is 4.79 Å². The third kappa shape index (κ3) is 4.95. The molecule has 3 rings (SSSR count). The highest BCUT2D eigenvalue weighted by atomic mass is 16.4. The molecule has 1 aliphatic rings. The number of aryl methyl sites for hydroxylation is 1. The maximum atomic E-state index is 12.7. The number of aromatic carboxylic acids is 1. The molecule has 5 nitrogen and oxygen atoms in total. The third-order valence-corrected chi connectivity index (χ3v) is 5.21. The van der Waals surface area contributed by atoms with Crippen LogP contribution >= 0.6 is 0 Å². The van der Waals surface area contributed by atoms with Crippen LogP contribution in [0.3, 0.4) is 0 Å². The van der Waals surface area contributed by atoms with Gasteiger partial charge >= 0.3 is 5.97 Å². The number of carboxylic acids is 1. The van der Waals surface area contributed by atoms with Gasteiger partial charge in [0.05, 0.1) is 11.7 Å². The van der Waals surface area contributed by atoms with Crippen LogP contribution in [0.2, 0.25) is 0 Å². The second-order valence-corrected chi connectivity index (χ2v) is 7.05. The number of nitrogens with zero attached hydrogens (tertiary/aromatic N) is 1. The van der Waals surface area contributed by atoms with Crippen LogP contribution in [-0.2, 0) is 11.2 Å². The van der Waals surface area contributed by atoms with Gasteiger partial charge in [-0.1, -0.05) is 42.5 Å². The molecule has 2 aromatic rings. The Bertz CT molecular complexity index is 773. The molecule has 27 heavy (non-hydrogen) atoms. The number of aliphatic hydroxyl groups excluding tert-OH is 1. The first-order valence-electron chi connectivity index (χ1n) is 9.39. The Labute approximate surface area is 159 Å². The minimum absolute atomic E-state index is 0.0714. The fraction of sp³-hybridized carbons (Fsp3) is 0.364. The van der Waals surface area contributed by atoms with Gasteiger partial charge in [0.25, 0.3) is 0 Å². The van der Waals surface area contributed by atoms with Crippen molar-refractivity contribution in [2.45, 2.75) is 44.2 Å². The molecule has 1 aliphatic heterocycles. The van der Waals surface area contributed by atoms with Crippen LogP contribution in [0.15, 0.2) is 54.6 Å². The Morgan fingerprint density at radius 2 is 1.78 bits per heavy atom. The number of hydrogen-bond donors (Lipinski definition) is 2. The van der Waals surface area contributed by atoms with Crippen LogP contribution in [0, 0.1) is 0 Å². The van der Waals surface area contributed by atoms with Gasteiger partial charge < -0.3 is 15.1 Å². The van der Waals surface area contributed by atoms with E-state index in [0.717, 1.165) is 30.5 Å². The number of carbonyl (C=O) groups excluding carboxylic acids is 1. The number of hydrogen-bond acceptors (Lipinski definition) is 3. The van der Waals surface area contributed by atoms with Crippen LogP contribution in [0.5, 0.6) is 0 Å². The average molecular weight is 367 g/mol. The summed E-state index contributed by atoms with van der Waals surface area (Å²) < 4.78 is 0. The molecule has 1 amide bonds. The van der Waals surface area contributed by atoms with Gasteiger partial charge in [-0.15, -0.1) is 0 Å². The summed E-state index contributed by atoms with van der Waals surface area (Å²) in [5.74, 6) is -0.852. The Morgan fingerprint density at radius 1 is 1.07 bits per heavy atom. The Balaban J connectivity index is 1.54. The lowest BCUT2D eigenvalue weighted by Gasteiger charge is -2.27. The Kier molecular flexibility index (Phi) is 6.24. The number of carboxylic acid groups (broad SMARTS) is 1. The minimum atomic E-state index is -0.950. The fourth-order valence-corrected chi connectivity index (χ4v) is 3.69. The third-order valence-electron chi connectivity index (χ3n) is 5.21. The molecule has 0 aromatic heterocycles. The average Bonchev–Trinajstić information content (AvgIpc) is 3.15. The first-order valence-corrected chi connectivity index (χ1v) is 9.39. The van der Waals surface area contributed by atoms with E-state index in [1.807, 2.05) is 35.2 Å². The highest BCUT2D eigenvalue weighted by molar-refractivity contribution is 5.87. The van der Waals surface area contributed by atoms with Crippen molar-refractivity contribution in [3.05, 3.63) is 71.3 Å². The molecule has 1 saturated heterocycles. The summed E-state index contributed by atoms with van der Waals surface area (Å²) in [5.41, 5.74) is 2.09. The van der Waals surface area contributed by atoms with E-state index in [2.05, 4.69) is 0 Å². The fourth-order valence-electron chi connectivity index (χ4n) is 3.69. The molecular formula is C22H25NO4. The Hall–Kier alpha value is -2.66. The second kappa shape index (κ2) is 8.82. The number of amides is 1. The van der Waals surface area contributed by atoms with E-state index < -0.39 is 12.1 Å². The molecule has 5 heteroatoms. The van der Waals surface area contributed by atoms with E-state index in [4.69, 9.17) is 5.11 Å². The molecule has 2 N–H and O–H groups in total. The van der Waals surface area contributed by atoms with Crippen molar-refractivity contribution in [2.24, 2.45) is 0 Å². The summed E-state index contributed by atoms with van der Waals surface area (Å²) in [6, 6.07) is 16.3. The van der Waals surface area contributed by atoms with Gasteiger partial charge in [-0.05, 0) is 48.9 Å². The zero-order chi connectivity index (χ0) is 19.2. The molecule has 2 atom stereocenters. The first-order chi connectivity index (χ1) is 13.0. The summed E-state index contributed by atoms with van der Waals surface area (Å²) in [6.07, 6.45) is 2.86. The lowest BCUT2D eigenvalue weighted by Crippen LogP contribution is -2.36. The summed E-state index contributed by atoms with van der Waals surface area (Å²) in [7, 11) is 0. The smallest absolute Gasteiger partial charge is 0.335 e.